The van der Waals surface area contributed by atoms with Crippen LogP contribution in [-0.4, -0.2) is 17.0 Å². The molecule has 0 amide bonds. The van der Waals surface area contributed by atoms with E-state index in [2.05, 4.69) is 52.0 Å². The predicted octanol–water partition coefficient (Wildman–Crippen LogP) is 4.90. The molecule has 0 aliphatic carbocycles. The highest BCUT2D eigenvalue weighted by atomic mass is 79.9. The maximum atomic E-state index is 6.03. The molecule has 0 fully saturated rings. The molecule has 0 radical (unpaired) electrons. The lowest BCUT2D eigenvalue weighted by atomic mass is 9.92. The third-order valence-electron chi connectivity index (χ3n) is 2.93. The van der Waals surface area contributed by atoms with E-state index in [1.807, 2.05) is 31.3 Å². The largest absolute Gasteiger partial charge is 0.373 e. The molecule has 1 aromatic carbocycles. The van der Waals surface area contributed by atoms with Gasteiger partial charge in [-0.25, -0.2) is 9.97 Å². The standard InChI is InChI=1S/C15H17BrClN3/c1-15(2,3)12-8-13(18-4)20-14(19-12)9-5-6-11(17)10(16)7-9/h5-8H,1-4H3,(H,18,19,20). The van der Waals surface area contributed by atoms with Gasteiger partial charge < -0.3 is 5.32 Å². The number of halogens is 2. The second-order valence-corrected chi connectivity index (χ2v) is 6.85. The van der Waals surface area contributed by atoms with Gasteiger partial charge in [-0.05, 0) is 34.1 Å². The average Bonchev–Trinajstić information content (AvgIpc) is 2.40. The number of aromatic nitrogens is 2. The van der Waals surface area contributed by atoms with Crippen molar-refractivity contribution < 1.29 is 0 Å². The fraction of sp³-hybridized carbons (Fsp3) is 0.333. The minimum absolute atomic E-state index is 0.0348. The molecule has 0 atom stereocenters. The average molecular weight is 355 g/mol. The Bertz CT molecular complexity index is 636. The van der Waals surface area contributed by atoms with Crippen molar-refractivity contribution in [3.63, 3.8) is 0 Å². The SMILES string of the molecule is CNc1cc(C(C)(C)C)nc(-c2ccc(Cl)c(Br)c2)n1. The Kier molecular flexibility index (Phi) is 4.35. The highest BCUT2D eigenvalue weighted by Gasteiger charge is 2.18. The molecule has 5 heteroatoms. The first-order valence-electron chi connectivity index (χ1n) is 6.34. The highest BCUT2D eigenvalue weighted by molar-refractivity contribution is 9.10. The van der Waals surface area contributed by atoms with E-state index in [9.17, 15) is 0 Å². The van der Waals surface area contributed by atoms with E-state index >= 15 is 0 Å². The normalized spacial score (nSPS) is 11.5. The molecule has 1 N–H and O–H groups in total. The van der Waals surface area contributed by atoms with E-state index in [0.29, 0.717) is 10.8 Å². The molecule has 0 unspecified atom stereocenters. The molecule has 0 bridgehead atoms. The smallest absolute Gasteiger partial charge is 0.161 e. The third-order valence-corrected chi connectivity index (χ3v) is 4.14. The van der Waals surface area contributed by atoms with E-state index in [0.717, 1.165) is 21.5 Å². The Morgan fingerprint density at radius 2 is 1.85 bits per heavy atom. The molecular formula is C15H17BrClN3. The molecule has 20 heavy (non-hydrogen) atoms. The Balaban J connectivity index is 2.58. The monoisotopic (exact) mass is 353 g/mol. The van der Waals surface area contributed by atoms with Gasteiger partial charge in [0.2, 0.25) is 0 Å². The fourth-order valence-electron chi connectivity index (χ4n) is 1.72. The van der Waals surface area contributed by atoms with Crippen molar-refractivity contribution in [1.82, 2.24) is 9.97 Å². The molecule has 1 aromatic heterocycles. The van der Waals surface area contributed by atoms with E-state index in [1.165, 1.54) is 0 Å². The third kappa shape index (κ3) is 3.30. The number of rotatable bonds is 2. The van der Waals surface area contributed by atoms with Crippen LogP contribution in [0.4, 0.5) is 5.82 Å². The maximum Gasteiger partial charge on any atom is 0.161 e. The number of nitrogens with zero attached hydrogens (tertiary/aromatic N) is 2. The molecule has 1 heterocycles. The van der Waals surface area contributed by atoms with Gasteiger partial charge in [0.15, 0.2) is 5.82 Å². The molecule has 2 aromatic rings. The molecule has 2 rings (SSSR count). The zero-order valence-corrected chi connectivity index (χ0v) is 14.3. The van der Waals surface area contributed by atoms with Crippen LogP contribution in [0.1, 0.15) is 26.5 Å². The maximum absolute atomic E-state index is 6.03. The quantitative estimate of drug-likeness (QED) is 0.833. The van der Waals surface area contributed by atoms with Crippen LogP contribution >= 0.6 is 27.5 Å². The summed E-state index contributed by atoms with van der Waals surface area (Å²) in [5, 5.41) is 3.76. The number of nitrogens with one attached hydrogen (secondary N) is 1. The summed E-state index contributed by atoms with van der Waals surface area (Å²) in [6, 6.07) is 7.68. The molecule has 3 nitrogen and oxygen atoms in total. The summed E-state index contributed by atoms with van der Waals surface area (Å²) in [5.74, 6) is 1.50. The van der Waals surface area contributed by atoms with Crippen molar-refractivity contribution in [2.45, 2.75) is 26.2 Å². The molecule has 0 aliphatic heterocycles. The molecular weight excluding hydrogens is 338 g/mol. The lowest BCUT2D eigenvalue weighted by Crippen LogP contribution is -2.15. The summed E-state index contributed by atoms with van der Waals surface area (Å²) in [4.78, 5) is 9.20. The van der Waals surface area contributed by atoms with Gasteiger partial charge >= 0.3 is 0 Å². The van der Waals surface area contributed by atoms with Crippen LogP contribution < -0.4 is 5.32 Å². The Hall–Kier alpha value is -1.13. The summed E-state index contributed by atoms with van der Waals surface area (Å²) in [7, 11) is 1.86. The fourth-order valence-corrected chi connectivity index (χ4v) is 2.22. The van der Waals surface area contributed by atoms with Gasteiger partial charge in [-0.2, -0.15) is 0 Å². The zero-order valence-electron chi connectivity index (χ0n) is 12.0. The van der Waals surface area contributed by atoms with E-state index < -0.39 is 0 Å². The van der Waals surface area contributed by atoms with Crippen molar-refractivity contribution in [2.75, 3.05) is 12.4 Å². The molecule has 0 saturated carbocycles. The van der Waals surface area contributed by atoms with Crippen LogP contribution in [0.15, 0.2) is 28.7 Å². The van der Waals surface area contributed by atoms with E-state index in [-0.39, 0.29) is 5.41 Å². The van der Waals surface area contributed by atoms with Crippen LogP contribution in [-0.2, 0) is 5.41 Å². The Morgan fingerprint density at radius 3 is 2.40 bits per heavy atom. The summed E-state index contributed by atoms with van der Waals surface area (Å²) in [6.07, 6.45) is 0. The van der Waals surface area contributed by atoms with E-state index in [1.54, 1.807) is 0 Å². The summed E-state index contributed by atoms with van der Waals surface area (Å²) >= 11 is 9.46. The molecule has 0 aliphatic rings. The topological polar surface area (TPSA) is 37.8 Å². The lowest BCUT2D eigenvalue weighted by molar-refractivity contribution is 0.568. The number of hydrogen-bond acceptors (Lipinski definition) is 3. The van der Waals surface area contributed by atoms with Gasteiger partial charge in [-0.15, -0.1) is 0 Å². The first-order chi connectivity index (χ1) is 9.31. The Labute approximate surface area is 132 Å². The van der Waals surface area contributed by atoms with Crippen LogP contribution in [0.25, 0.3) is 11.4 Å². The summed E-state index contributed by atoms with van der Waals surface area (Å²) < 4.78 is 0.840. The first kappa shape index (κ1) is 15.3. The van der Waals surface area contributed by atoms with Gasteiger partial charge in [0.05, 0.1) is 10.7 Å². The van der Waals surface area contributed by atoms with Crippen molar-refractivity contribution in [1.29, 1.82) is 0 Å². The number of hydrogen-bond donors (Lipinski definition) is 1. The lowest BCUT2D eigenvalue weighted by Gasteiger charge is -2.19. The van der Waals surface area contributed by atoms with Gasteiger partial charge in [-0.1, -0.05) is 32.4 Å². The van der Waals surface area contributed by atoms with Crippen molar-refractivity contribution in [2.24, 2.45) is 0 Å². The molecule has 106 valence electrons. The van der Waals surface area contributed by atoms with Crippen LogP contribution in [0.2, 0.25) is 5.02 Å². The zero-order chi connectivity index (χ0) is 14.9. The van der Waals surface area contributed by atoms with Crippen LogP contribution in [0.3, 0.4) is 0 Å². The van der Waals surface area contributed by atoms with Gasteiger partial charge in [0.1, 0.15) is 5.82 Å². The Morgan fingerprint density at radius 1 is 1.15 bits per heavy atom. The van der Waals surface area contributed by atoms with Crippen LogP contribution in [0.5, 0.6) is 0 Å². The van der Waals surface area contributed by atoms with Gasteiger partial charge in [-0.3, -0.25) is 0 Å². The first-order valence-corrected chi connectivity index (χ1v) is 7.51. The second-order valence-electron chi connectivity index (χ2n) is 5.59. The van der Waals surface area contributed by atoms with Crippen molar-refractivity contribution in [3.05, 3.63) is 39.5 Å². The molecule has 0 spiro atoms. The predicted molar refractivity (Wildman–Crippen MR) is 88.4 cm³/mol. The minimum atomic E-state index is -0.0348. The van der Waals surface area contributed by atoms with Crippen molar-refractivity contribution >= 4 is 33.3 Å². The highest BCUT2D eigenvalue weighted by Crippen LogP contribution is 2.29. The number of anilines is 1. The summed E-state index contributed by atoms with van der Waals surface area (Å²) in [6.45, 7) is 6.41. The summed E-state index contributed by atoms with van der Waals surface area (Å²) in [5.41, 5.74) is 1.90. The second kappa shape index (κ2) is 5.70. The van der Waals surface area contributed by atoms with Crippen molar-refractivity contribution in [3.8, 4) is 11.4 Å². The molecule has 0 saturated heterocycles. The number of benzene rings is 1. The minimum Gasteiger partial charge on any atom is -0.373 e. The van der Waals surface area contributed by atoms with E-state index in [4.69, 9.17) is 11.6 Å². The van der Waals surface area contributed by atoms with Gasteiger partial charge in [0.25, 0.3) is 0 Å². The van der Waals surface area contributed by atoms with Crippen LogP contribution in [0, 0.1) is 0 Å². The van der Waals surface area contributed by atoms with Gasteiger partial charge in [0, 0.05) is 28.6 Å².